The van der Waals surface area contributed by atoms with Gasteiger partial charge in [0.15, 0.2) is 0 Å². The highest BCUT2D eigenvalue weighted by Gasteiger charge is 2.13. The van der Waals surface area contributed by atoms with E-state index in [2.05, 4.69) is 17.6 Å². The van der Waals surface area contributed by atoms with E-state index in [1.165, 1.54) is 5.56 Å². The molecule has 136 valence electrons. The molecule has 0 aliphatic heterocycles. The molecule has 4 aromatic rings. The van der Waals surface area contributed by atoms with Gasteiger partial charge in [0, 0.05) is 10.0 Å². The van der Waals surface area contributed by atoms with E-state index in [9.17, 15) is 0 Å². The highest BCUT2D eigenvalue weighted by molar-refractivity contribution is 6.35. The van der Waals surface area contributed by atoms with Crippen LogP contribution >= 0.6 is 23.2 Å². The minimum absolute atomic E-state index is 0.378. The minimum Gasteiger partial charge on any atom is -0.486 e. The first-order chi connectivity index (χ1) is 13.1. The maximum absolute atomic E-state index is 6.39. The van der Waals surface area contributed by atoms with Gasteiger partial charge in [0.1, 0.15) is 18.2 Å². The van der Waals surface area contributed by atoms with E-state index in [-0.39, 0.29) is 0 Å². The zero-order valence-electron chi connectivity index (χ0n) is 14.8. The molecule has 1 aromatic heterocycles. The van der Waals surface area contributed by atoms with Crippen LogP contribution in [0.25, 0.3) is 11.0 Å². The summed E-state index contributed by atoms with van der Waals surface area (Å²) in [5, 5.41) is 1.27. The van der Waals surface area contributed by atoms with E-state index in [0.29, 0.717) is 23.2 Å². The lowest BCUT2D eigenvalue weighted by molar-refractivity contribution is 0.291. The van der Waals surface area contributed by atoms with Crippen LogP contribution in [0.15, 0.2) is 66.7 Å². The molecular weight excluding hydrogens is 379 g/mol. The number of para-hydroxylation sites is 2. The van der Waals surface area contributed by atoms with Crippen molar-refractivity contribution in [2.45, 2.75) is 20.1 Å². The molecule has 0 spiro atoms. The molecule has 0 atom stereocenters. The second kappa shape index (κ2) is 7.63. The Balaban J connectivity index is 1.67. The van der Waals surface area contributed by atoms with E-state index in [4.69, 9.17) is 32.9 Å². The highest BCUT2D eigenvalue weighted by atomic mass is 35.5. The van der Waals surface area contributed by atoms with E-state index in [0.717, 1.165) is 28.2 Å². The summed E-state index contributed by atoms with van der Waals surface area (Å²) in [6.07, 6.45) is 0. The van der Waals surface area contributed by atoms with Crippen LogP contribution in [0.3, 0.4) is 0 Å². The van der Waals surface area contributed by atoms with Crippen molar-refractivity contribution in [2.75, 3.05) is 0 Å². The summed E-state index contributed by atoms with van der Waals surface area (Å²) in [5.41, 5.74) is 4.17. The summed E-state index contributed by atoms with van der Waals surface area (Å²) in [4.78, 5) is 4.76. The third kappa shape index (κ3) is 3.95. The monoisotopic (exact) mass is 396 g/mol. The van der Waals surface area contributed by atoms with Gasteiger partial charge in [-0.1, -0.05) is 59.1 Å². The molecule has 0 aliphatic rings. The zero-order chi connectivity index (χ0) is 18.8. The minimum atomic E-state index is 0.378. The second-order valence-electron chi connectivity index (χ2n) is 6.44. The second-order valence-corrected chi connectivity index (χ2v) is 7.28. The predicted octanol–water partition coefficient (Wildman–Crippen LogP) is 6.28. The molecule has 0 saturated heterocycles. The number of halogens is 2. The summed E-state index contributed by atoms with van der Waals surface area (Å²) in [5.74, 6) is 1.67. The van der Waals surface area contributed by atoms with Gasteiger partial charge in [-0.3, -0.25) is 0 Å². The molecule has 3 aromatic carbocycles. The Morgan fingerprint density at radius 2 is 1.74 bits per heavy atom. The Hall–Kier alpha value is -2.49. The topological polar surface area (TPSA) is 27.1 Å². The van der Waals surface area contributed by atoms with Crippen LogP contribution in [-0.4, -0.2) is 9.55 Å². The van der Waals surface area contributed by atoms with Crippen molar-refractivity contribution >= 4 is 34.2 Å². The third-order valence-electron chi connectivity index (χ3n) is 4.47. The largest absolute Gasteiger partial charge is 0.486 e. The first kappa shape index (κ1) is 17.9. The van der Waals surface area contributed by atoms with Crippen molar-refractivity contribution in [2.24, 2.45) is 0 Å². The van der Waals surface area contributed by atoms with Crippen molar-refractivity contribution in [3.8, 4) is 5.75 Å². The van der Waals surface area contributed by atoms with E-state index >= 15 is 0 Å². The van der Waals surface area contributed by atoms with Crippen molar-refractivity contribution < 1.29 is 4.74 Å². The van der Waals surface area contributed by atoms with E-state index in [1.807, 2.05) is 54.6 Å². The van der Waals surface area contributed by atoms with Crippen LogP contribution in [0.2, 0.25) is 10.0 Å². The van der Waals surface area contributed by atoms with Crippen molar-refractivity contribution in [3.63, 3.8) is 0 Å². The molecule has 0 bridgehead atoms. The van der Waals surface area contributed by atoms with Gasteiger partial charge >= 0.3 is 0 Å². The standard InChI is InChI=1S/C22H18Cl2N2O/c1-15-6-10-18(11-7-15)27-14-22-25-20-4-2-3-5-21(20)26(22)13-16-8-9-17(23)12-19(16)24/h2-12H,13-14H2,1H3. The summed E-state index contributed by atoms with van der Waals surface area (Å²) < 4.78 is 8.10. The Morgan fingerprint density at radius 3 is 2.52 bits per heavy atom. The van der Waals surface area contributed by atoms with E-state index in [1.54, 1.807) is 6.07 Å². The number of imidazole rings is 1. The summed E-state index contributed by atoms with van der Waals surface area (Å²) in [6, 6.07) is 21.6. The predicted molar refractivity (Wildman–Crippen MR) is 111 cm³/mol. The molecule has 3 nitrogen and oxygen atoms in total. The van der Waals surface area contributed by atoms with Crippen LogP contribution in [0, 0.1) is 6.92 Å². The van der Waals surface area contributed by atoms with Crippen LogP contribution in [-0.2, 0) is 13.2 Å². The summed E-state index contributed by atoms with van der Waals surface area (Å²) in [6.45, 7) is 3.03. The van der Waals surface area contributed by atoms with Gasteiger partial charge < -0.3 is 9.30 Å². The SMILES string of the molecule is Cc1ccc(OCc2nc3ccccc3n2Cc2ccc(Cl)cc2Cl)cc1. The number of ether oxygens (including phenoxy) is 1. The molecule has 0 aliphatic carbocycles. The maximum Gasteiger partial charge on any atom is 0.148 e. The molecule has 0 saturated carbocycles. The quantitative estimate of drug-likeness (QED) is 0.396. The van der Waals surface area contributed by atoms with Crippen LogP contribution in [0.4, 0.5) is 0 Å². The smallest absolute Gasteiger partial charge is 0.148 e. The fourth-order valence-corrected chi connectivity index (χ4v) is 3.48. The Bertz CT molecular complexity index is 1090. The van der Waals surface area contributed by atoms with Gasteiger partial charge in [0.25, 0.3) is 0 Å². The van der Waals surface area contributed by atoms with Crippen molar-refractivity contribution in [1.82, 2.24) is 9.55 Å². The first-order valence-electron chi connectivity index (χ1n) is 8.68. The average molecular weight is 397 g/mol. The van der Waals surface area contributed by atoms with Crippen molar-refractivity contribution in [1.29, 1.82) is 0 Å². The van der Waals surface area contributed by atoms with Crippen LogP contribution in [0.1, 0.15) is 17.0 Å². The number of aromatic nitrogens is 2. The Morgan fingerprint density at radius 1 is 0.963 bits per heavy atom. The zero-order valence-corrected chi connectivity index (χ0v) is 16.3. The molecule has 0 radical (unpaired) electrons. The lowest BCUT2D eigenvalue weighted by atomic mass is 10.2. The number of hydrogen-bond donors (Lipinski definition) is 0. The summed E-state index contributed by atoms with van der Waals surface area (Å²) in [7, 11) is 0. The Labute approximate surface area is 168 Å². The Kier molecular flexibility index (Phi) is 5.06. The molecular formula is C22H18Cl2N2O. The number of fused-ring (bicyclic) bond motifs is 1. The molecule has 0 N–H and O–H groups in total. The molecule has 0 unspecified atom stereocenters. The van der Waals surface area contributed by atoms with Gasteiger partial charge in [-0.2, -0.15) is 0 Å². The molecule has 1 heterocycles. The molecule has 27 heavy (non-hydrogen) atoms. The normalized spacial score (nSPS) is 11.1. The van der Waals surface area contributed by atoms with E-state index < -0.39 is 0 Å². The highest BCUT2D eigenvalue weighted by Crippen LogP contribution is 2.25. The lowest BCUT2D eigenvalue weighted by Crippen LogP contribution is -2.08. The molecule has 5 heteroatoms. The van der Waals surface area contributed by atoms with Gasteiger partial charge in [-0.25, -0.2) is 4.98 Å². The van der Waals surface area contributed by atoms with Crippen LogP contribution < -0.4 is 4.74 Å². The first-order valence-corrected chi connectivity index (χ1v) is 9.43. The van der Waals surface area contributed by atoms with Crippen molar-refractivity contribution in [3.05, 3.63) is 93.7 Å². The molecule has 0 fully saturated rings. The molecule has 0 amide bonds. The van der Waals surface area contributed by atoms with Crippen LogP contribution in [0.5, 0.6) is 5.75 Å². The van der Waals surface area contributed by atoms with Gasteiger partial charge in [0.05, 0.1) is 17.6 Å². The maximum atomic E-state index is 6.39. The molecule has 4 rings (SSSR count). The lowest BCUT2D eigenvalue weighted by Gasteiger charge is -2.12. The van der Waals surface area contributed by atoms with Gasteiger partial charge in [-0.05, 0) is 48.9 Å². The third-order valence-corrected chi connectivity index (χ3v) is 5.05. The van der Waals surface area contributed by atoms with Gasteiger partial charge in [-0.15, -0.1) is 0 Å². The number of rotatable bonds is 5. The number of nitrogens with zero attached hydrogens (tertiary/aromatic N) is 2. The number of benzene rings is 3. The average Bonchev–Trinajstić information content (AvgIpc) is 3.01. The fraction of sp³-hybridized carbons (Fsp3) is 0.136. The summed E-state index contributed by atoms with van der Waals surface area (Å²) >= 11 is 12.4. The van der Waals surface area contributed by atoms with Gasteiger partial charge in [0.2, 0.25) is 0 Å². The number of hydrogen-bond acceptors (Lipinski definition) is 2. The fourth-order valence-electron chi connectivity index (χ4n) is 3.01. The number of aryl methyl sites for hydroxylation is 1.